The molecule has 2 aromatic carbocycles. The zero-order valence-corrected chi connectivity index (χ0v) is 24.5. The average molecular weight is 556 g/mol. The van der Waals surface area contributed by atoms with Crippen molar-refractivity contribution in [2.45, 2.75) is 52.2 Å². The molecule has 0 amide bonds. The number of methoxy groups -OCH3 is 1. The van der Waals surface area contributed by atoms with Gasteiger partial charge < -0.3 is 14.8 Å². The molecule has 37 heavy (non-hydrogen) atoms. The third kappa shape index (κ3) is 7.00. The number of benzene rings is 2. The van der Waals surface area contributed by atoms with Crippen molar-refractivity contribution < 1.29 is 9.47 Å². The number of hydrogen-bond acceptors (Lipinski definition) is 10. The maximum atomic E-state index is 5.82. The molecule has 0 radical (unpaired) electrons. The van der Waals surface area contributed by atoms with Gasteiger partial charge in [-0.3, -0.25) is 0 Å². The second-order valence-corrected chi connectivity index (χ2v) is 12.4. The van der Waals surface area contributed by atoms with E-state index in [0.717, 1.165) is 49.4 Å². The van der Waals surface area contributed by atoms with Crippen LogP contribution < -0.4 is 14.8 Å². The molecule has 2 heterocycles. The summed E-state index contributed by atoms with van der Waals surface area (Å²) in [5, 5.41) is 25.0. The molecule has 0 aliphatic rings. The van der Waals surface area contributed by atoms with Gasteiger partial charge in [-0.15, -0.1) is 31.7 Å². The van der Waals surface area contributed by atoms with Gasteiger partial charge in [-0.25, -0.2) is 0 Å². The van der Waals surface area contributed by atoms with E-state index in [1.165, 1.54) is 16.7 Å². The predicted octanol–water partition coefficient (Wildman–Crippen LogP) is 6.96. The molecule has 2 atom stereocenters. The zero-order chi connectivity index (χ0) is 26.4. The third-order valence-electron chi connectivity index (χ3n) is 6.17. The summed E-state index contributed by atoms with van der Waals surface area (Å²) in [7, 11) is 1.66. The summed E-state index contributed by atoms with van der Waals surface area (Å²) in [5.41, 5.74) is 4.95. The molecule has 0 fully saturated rings. The van der Waals surface area contributed by atoms with Crippen molar-refractivity contribution in [2.24, 2.45) is 0 Å². The Kier molecular flexibility index (Phi) is 9.39. The molecule has 0 spiro atoms. The van der Waals surface area contributed by atoms with Crippen LogP contribution >= 0.6 is 34.4 Å². The fraction of sp³-hybridized carbons (Fsp3) is 0.407. The highest BCUT2D eigenvalue weighted by Crippen LogP contribution is 2.37. The summed E-state index contributed by atoms with van der Waals surface area (Å²) in [6, 6.07) is 12.4. The highest BCUT2D eigenvalue weighted by molar-refractivity contribution is 7.99. The van der Waals surface area contributed by atoms with Crippen LogP contribution in [0.5, 0.6) is 11.5 Å². The molecule has 4 aromatic rings. The fourth-order valence-corrected chi connectivity index (χ4v) is 6.78. The molecule has 0 saturated carbocycles. The van der Waals surface area contributed by atoms with E-state index in [1.54, 1.807) is 29.8 Å². The summed E-state index contributed by atoms with van der Waals surface area (Å²) in [4.78, 5) is 0. The van der Waals surface area contributed by atoms with Gasteiger partial charge in [0.15, 0.2) is 6.73 Å². The zero-order valence-electron chi connectivity index (χ0n) is 22.1. The van der Waals surface area contributed by atoms with Gasteiger partial charge in [0, 0.05) is 18.4 Å². The van der Waals surface area contributed by atoms with Crippen LogP contribution in [0.15, 0.2) is 36.4 Å². The number of ether oxygens (including phenoxy) is 2. The van der Waals surface area contributed by atoms with E-state index in [4.69, 9.17) is 9.47 Å². The Morgan fingerprint density at radius 3 is 2.46 bits per heavy atom. The molecule has 1 N–H and O–H groups in total. The minimum absolute atomic E-state index is 0.179. The number of rotatable bonds is 12. The SMILES string of the molecule is CCSC(Cc1nnc(C(C)c2ccc(C)c(C)c2)s1)c1nnc(NCOc2ccc(C)c(OC)c2)s1. The summed E-state index contributed by atoms with van der Waals surface area (Å²) in [6.07, 6.45) is 0.782. The summed E-state index contributed by atoms with van der Waals surface area (Å²) in [6.45, 7) is 11.0. The maximum absolute atomic E-state index is 5.82. The van der Waals surface area contributed by atoms with Crippen LogP contribution in [0.2, 0.25) is 0 Å². The molecule has 2 aromatic heterocycles. The minimum Gasteiger partial charge on any atom is -0.496 e. The van der Waals surface area contributed by atoms with Crippen molar-refractivity contribution in [3.8, 4) is 11.5 Å². The number of hydrogen-bond donors (Lipinski definition) is 1. The summed E-state index contributed by atoms with van der Waals surface area (Å²) in [5.74, 6) is 2.74. The standard InChI is InChI=1S/C27H33N5O2S3/c1-7-35-23(14-24-29-30-25(36-24)19(5)20-10-8-16(2)18(4)12-20)26-31-32-27(37-26)28-15-34-21-11-9-17(3)22(13-21)33-6/h8-13,19,23H,7,14-15H2,1-6H3,(H,28,32). The van der Waals surface area contributed by atoms with Crippen molar-refractivity contribution in [3.63, 3.8) is 0 Å². The van der Waals surface area contributed by atoms with Gasteiger partial charge in [-0.05, 0) is 54.8 Å². The summed E-state index contributed by atoms with van der Waals surface area (Å²) < 4.78 is 11.2. The van der Waals surface area contributed by atoms with Crippen LogP contribution in [0.4, 0.5) is 5.13 Å². The van der Waals surface area contributed by atoms with Crippen LogP contribution in [0.1, 0.15) is 62.3 Å². The van der Waals surface area contributed by atoms with Crippen molar-refractivity contribution in [3.05, 3.63) is 73.7 Å². The number of anilines is 1. The lowest BCUT2D eigenvalue weighted by Crippen LogP contribution is -2.08. The minimum atomic E-state index is 0.179. The number of aromatic nitrogens is 4. The number of thioether (sulfide) groups is 1. The Balaban J connectivity index is 1.37. The molecule has 10 heteroatoms. The topological polar surface area (TPSA) is 82.1 Å². The Morgan fingerprint density at radius 1 is 0.919 bits per heavy atom. The Bertz CT molecular complexity index is 1320. The van der Waals surface area contributed by atoms with Gasteiger partial charge in [-0.1, -0.05) is 49.4 Å². The lowest BCUT2D eigenvalue weighted by molar-refractivity contribution is 0.341. The van der Waals surface area contributed by atoms with Crippen LogP contribution in [-0.4, -0.2) is 40.0 Å². The van der Waals surface area contributed by atoms with Gasteiger partial charge in [0.05, 0.1) is 12.4 Å². The van der Waals surface area contributed by atoms with Crippen molar-refractivity contribution >= 4 is 39.6 Å². The molecule has 4 rings (SSSR count). The largest absolute Gasteiger partial charge is 0.496 e. The van der Waals surface area contributed by atoms with E-state index in [-0.39, 0.29) is 11.2 Å². The smallest absolute Gasteiger partial charge is 0.208 e. The van der Waals surface area contributed by atoms with Crippen LogP contribution in [0.3, 0.4) is 0 Å². The second-order valence-electron chi connectivity index (χ2n) is 8.79. The highest BCUT2D eigenvalue weighted by atomic mass is 32.2. The van der Waals surface area contributed by atoms with E-state index in [1.807, 2.05) is 36.9 Å². The Hall–Kier alpha value is -2.69. The summed E-state index contributed by atoms with van der Waals surface area (Å²) >= 11 is 5.10. The lowest BCUT2D eigenvalue weighted by atomic mass is 9.98. The molecule has 0 saturated heterocycles. The molecular formula is C27H33N5O2S3. The van der Waals surface area contributed by atoms with Crippen LogP contribution in [0.25, 0.3) is 0 Å². The van der Waals surface area contributed by atoms with Crippen molar-refractivity contribution in [1.29, 1.82) is 0 Å². The van der Waals surface area contributed by atoms with E-state index in [9.17, 15) is 0 Å². The maximum Gasteiger partial charge on any atom is 0.208 e. The normalized spacial score (nSPS) is 12.8. The predicted molar refractivity (Wildman–Crippen MR) is 155 cm³/mol. The monoisotopic (exact) mass is 555 g/mol. The fourth-order valence-electron chi connectivity index (χ4n) is 3.79. The van der Waals surface area contributed by atoms with Gasteiger partial charge in [0.25, 0.3) is 0 Å². The second kappa shape index (κ2) is 12.7. The van der Waals surface area contributed by atoms with Crippen LogP contribution in [0, 0.1) is 20.8 Å². The van der Waals surface area contributed by atoms with Crippen molar-refractivity contribution in [2.75, 3.05) is 24.9 Å². The van der Waals surface area contributed by atoms with E-state index >= 15 is 0 Å². The molecule has 196 valence electrons. The number of nitrogens with zero attached hydrogens (tertiary/aromatic N) is 4. The number of aryl methyl sites for hydroxylation is 3. The molecule has 0 aliphatic heterocycles. The van der Waals surface area contributed by atoms with Gasteiger partial charge in [-0.2, -0.15) is 11.8 Å². The number of nitrogens with one attached hydrogen (secondary N) is 1. The quantitative estimate of drug-likeness (QED) is 0.188. The Labute approximate surface area is 231 Å². The van der Waals surface area contributed by atoms with E-state index in [2.05, 4.69) is 71.6 Å². The average Bonchev–Trinajstić information content (AvgIpc) is 3.56. The Morgan fingerprint density at radius 2 is 1.70 bits per heavy atom. The first-order valence-electron chi connectivity index (χ1n) is 12.2. The first kappa shape index (κ1) is 27.3. The van der Waals surface area contributed by atoms with E-state index in [0.29, 0.717) is 6.73 Å². The first-order chi connectivity index (χ1) is 17.9. The van der Waals surface area contributed by atoms with Gasteiger partial charge in [0.1, 0.15) is 26.5 Å². The molecule has 0 aliphatic carbocycles. The van der Waals surface area contributed by atoms with Crippen molar-refractivity contribution in [1.82, 2.24) is 20.4 Å². The lowest BCUT2D eigenvalue weighted by Gasteiger charge is -2.11. The third-order valence-corrected chi connectivity index (χ3v) is 9.57. The highest BCUT2D eigenvalue weighted by Gasteiger charge is 2.22. The van der Waals surface area contributed by atoms with Gasteiger partial charge >= 0.3 is 0 Å². The van der Waals surface area contributed by atoms with Crippen LogP contribution in [-0.2, 0) is 6.42 Å². The first-order valence-corrected chi connectivity index (χ1v) is 14.9. The molecular weight excluding hydrogens is 523 g/mol. The van der Waals surface area contributed by atoms with Gasteiger partial charge in [0.2, 0.25) is 5.13 Å². The van der Waals surface area contributed by atoms with E-state index < -0.39 is 0 Å². The molecule has 2 unspecified atom stereocenters. The molecule has 0 bridgehead atoms. The molecule has 7 nitrogen and oxygen atoms in total.